The van der Waals surface area contributed by atoms with Gasteiger partial charge in [-0.1, -0.05) is 28.5 Å². The van der Waals surface area contributed by atoms with Crippen molar-refractivity contribution in [2.24, 2.45) is 11.8 Å². The summed E-state index contributed by atoms with van der Waals surface area (Å²) in [6, 6.07) is 0. The van der Waals surface area contributed by atoms with Crippen molar-refractivity contribution in [1.82, 2.24) is 0 Å². The lowest BCUT2D eigenvalue weighted by Gasteiger charge is -2.09. The summed E-state index contributed by atoms with van der Waals surface area (Å²) in [6.07, 6.45) is 0.187. The number of esters is 1. The average Bonchev–Trinajstić information content (AvgIpc) is 2.17. The van der Waals surface area contributed by atoms with E-state index in [0.29, 0.717) is 5.92 Å². The molecule has 0 radical (unpaired) electrons. The number of fused-ring (bicyclic) bond motifs is 2. The maximum Gasteiger partial charge on any atom is 0.310 e. The first-order valence-electron chi connectivity index (χ1n) is 3.74. The van der Waals surface area contributed by atoms with Gasteiger partial charge in [0.25, 0.3) is 0 Å². The lowest BCUT2D eigenvalue weighted by atomic mass is 9.95. The average molecular weight is 190 g/mol. The molecule has 0 aromatic carbocycles. The first-order valence-corrected chi connectivity index (χ1v) is 6.23. The van der Waals surface area contributed by atoms with Gasteiger partial charge in [0.15, 0.2) is 0 Å². The molecule has 0 aromatic rings. The maximum absolute atomic E-state index is 11.2. The van der Waals surface area contributed by atoms with Gasteiger partial charge in [0.2, 0.25) is 0 Å². The molecule has 2 saturated heterocycles. The number of carbonyl (C=O) groups is 1. The topological polar surface area (TPSA) is 26.3 Å². The molecule has 2 heterocycles. The first kappa shape index (κ1) is 7.80. The molecule has 2 aliphatic heterocycles. The van der Waals surface area contributed by atoms with Crippen LogP contribution in [-0.4, -0.2) is 23.6 Å². The monoisotopic (exact) mass is 190 g/mol. The van der Waals surface area contributed by atoms with Crippen molar-refractivity contribution in [2.45, 2.75) is 13.0 Å². The Bertz CT molecular complexity index is 183. The summed E-state index contributed by atoms with van der Waals surface area (Å²) < 4.78 is 5.20. The van der Waals surface area contributed by atoms with Gasteiger partial charge in [0.1, 0.15) is 6.10 Å². The Hall–Kier alpha value is 0.170. The Morgan fingerprint density at radius 1 is 1.45 bits per heavy atom. The van der Waals surface area contributed by atoms with Crippen LogP contribution in [0.1, 0.15) is 6.92 Å². The Morgan fingerprint density at radius 3 is 3.00 bits per heavy atom. The molecular weight excluding hydrogens is 180 g/mol. The summed E-state index contributed by atoms with van der Waals surface area (Å²) in [6.45, 7) is 2.12. The van der Waals surface area contributed by atoms with Crippen molar-refractivity contribution in [3.05, 3.63) is 0 Å². The summed E-state index contributed by atoms with van der Waals surface area (Å²) in [5.41, 5.74) is 0. The van der Waals surface area contributed by atoms with E-state index in [0.717, 1.165) is 11.5 Å². The number of carbonyl (C=O) groups excluding carboxylic acids is 1. The van der Waals surface area contributed by atoms with E-state index >= 15 is 0 Å². The number of hydrogen-bond acceptors (Lipinski definition) is 4. The fourth-order valence-electron chi connectivity index (χ4n) is 1.46. The van der Waals surface area contributed by atoms with E-state index in [-0.39, 0.29) is 18.0 Å². The van der Waals surface area contributed by atoms with Crippen LogP contribution in [0.25, 0.3) is 0 Å². The van der Waals surface area contributed by atoms with Gasteiger partial charge in [0, 0.05) is 17.4 Å². The second-order valence-electron chi connectivity index (χ2n) is 3.01. The Morgan fingerprint density at radius 2 is 2.18 bits per heavy atom. The van der Waals surface area contributed by atoms with Gasteiger partial charge in [-0.15, -0.1) is 0 Å². The third-order valence-corrected chi connectivity index (χ3v) is 4.80. The molecule has 2 nitrogen and oxygen atoms in total. The van der Waals surface area contributed by atoms with E-state index in [1.54, 1.807) is 10.8 Å². The molecule has 2 fully saturated rings. The highest BCUT2D eigenvalue weighted by Gasteiger charge is 2.43. The van der Waals surface area contributed by atoms with Crippen molar-refractivity contribution in [3.63, 3.8) is 0 Å². The summed E-state index contributed by atoms with van der Waals surface area (Å²) in [5, 5.41) is 0. The highest BCUT2D eigenvalue weighted by Crippen LogP contribution is 2.40. The SMILES string of the molecule is CC1C2CSSCC1C(=O)O2. The van der Waals surface area contributed by atoms with Crippen LogP contribution in [-0.2, 0) is 9.53 Å². The zero-order valence-electron chi connectivity index (χ0n) is 6.28. The van der Waals surface area contributed by atoms with Gasteiger partial charge in [-0.3, -0.25) is 4.79 Å². The molecule has 2 aliphatic rings. The zero-order valence-corrected chi connectivity index (χ0v) is 7.91. The van der Waals surface area contributed by atoms with E-state index in [4.69, 9.17) is 4.74 Å². The zero-order chi connectivity index (χ0) is 7.84. The maximum atomic E-state index is 11.2. The Kier molecular flexibility index (Phi) is 2.06. The lowest BCUT2D eigenvalue weighted by Crippen LogP contribution is -2.18. The van der Waals surface area contributed by atoms with Gasteiger partial charge in [-0.05, 0) is 0 Å². The van der Waals surface area contributed by atoms with Gasteiger partial charge < -0.3 is 4.74 Å². The first-order chi connectivity index (χ1) is 5.29. The van der Waals surface area contributed by atoms with Crippen LogP contribution in [0.5, 0.6) is 0 Å². The van der Waals surface area contributed by atoms with Crippen LogP contribution in [0.15, 0.2) is 0 Å². The fraction of sp³-hybridized carbons (Fsp3) is 0.857. The minimum Gasteiger partial charge on any atom is -0.461 e. The molecule has 0 aromatic heterocycles. The second-order valence-corrected chi connectivity index (χ2v) is 5.56. The van der Waals surface area contributed by atoms with Crippen molar-refractivity contribution in [3.8, 4) is 0 Å². The van der Waals surface area contributed by atoms with Gasteiger partial charge in [0.05, 0.1) is 5.92 Å². The van der Waals surface area contributed by atoms with E-state index in [1.807, 2.05) is 10.8 Å². The molecule has 0 N–H and O–H groups in total. The lowest BCUT2D eigenvalue weighted by molar-refractivity contribution is -0.143. The van der Waals surface area contributed by atoms with E-state index in [9.17, 15) is 4.79 Å². The predicted octanol–water partition coefficient (Wildman–Crippen LogP) is 1.56. The number of ether oxygens (including phenoxy) is 1. The van der Waals surface area contributed by atoms with Gasteiger partial charge in [-0.25, -0.2) is 0 Å². The van der Waals surface area contributed by atoms with Gasteiger partial charge in [-0.2, -0.15) is 0 Å². The molecule has 3 atom stereocenters. The quantitative estimate of drug-likeness (QED) is 0.428. The molecule has 0 amide bonds. The third-order valence-electron chi connectivity index (χ3n) is 2.35. The normalized spacial score (nSPS) is 43.4. The highest BCUT2D eigenvalue weighted by molar-refractivity contribution is 8.76. The second kappa shape index (κ2) is 2.90. The minimum atomic E-state index is 0.0234. The molecule has 62 valence electrons. The number of hydrogen-bond donors (Lipinski definition) is 0. The van der Waals surface area contributed by atoms with Crippen molar-refractivity contribution in [2.75, 3.05) is 11.5 Å². The highest BCUT2D eigenvalue weighted by atomic mass is 33.1. The molecule has 3 unspecified atom stereocenters. The molecule has 0 spiro atoms. The van der Waals surface area contributed by atoms with Crippen LogP contribution in [0, 0.1) is 11.8 Å². The summed E-state index contributed by atoms with van der Waals surface area (Å²) in [7, 11) is 3.63. The minimum absolute atomic E-state index is 0.0234. The van der Waals surface area contributed by atoms with E-state index < -0.39 is 0 Å². The largest absolute Gasteiger partial charge is 0.461 e. The molecule has 0 saturated carbocycles. The van der Waals surface area contributed by atoms with Crippen LogP contribution in [0.3, 0.4) is 0 Å². The van der Waals surface area contributed by atoms with E-state index in [1.165, 1.54) is 0 Å². The van der Waals surface area contributed by atoms with E-state index in [2.05, 4.69) is 6.92 Å². The van der Waals surface area contributed by atoms with Crippen LogP contribution >= 0.6 is 21.6 Å². The molecule has 0 aliphatic carbocycles. The van der Waals surface area contributed by atoms with Crippen molar-refractivity contribution in [1.29, 1.82) is 0 Å². The van der Waals surface area contributed by atoms with Crippen molar-refractivity contribution < 1.29 is 9.53 Å². The molecular formula is C7H10O2S2. The smallest absolute Gasteiger partial charge is 0.310 e. The third kappa shape index (κ3) is 1.26. The van der Waals surface area contributed by atoms with Crippen LogP contribution in [0.4, 0.5) is 0 Å². The van der Waals surface area contributed by atoms with Crippen LogP contribution < -0.4 is 0 Å². The molecule has 2 bridgehead atoms. The standard InChI is InChI=1S/C7H10O2S2/c1-4-5-2-10-11-3-6(4)9-7(5)8/h4-6H,2-3H2,1H3. The summed E-state index contributed by atoms with van der Waals surface area (Å²) in [5.74, 6) is 2.52. The summed E-state index contributed by atoms with van der Waals surface area (Å²) in [4.78, 5) is 11.2. The molecule has 2 rings (SSSR count). The van der Waals surface area contributed by atoms with Gasteiger partial charge >= 0.3 is 5.97 Å². The molecule has 4 heteroatoms. The summed E-state index contributed by atoms with van der Waals surface area (Å²) >= 11 is 0. The Balaban J connectivity index is 2.18. The van der Waals surface area contributed by atoms with Crippen LogP contribution in [0.2, 0.25) is 0 Å². The fourth-order valence-corrected chi connectivity index (χ4v) is 4.16. The molecule has 11 heavy (non-hydrogen) atoms. The predicted molar refractivity (Wildman–Crippen MR) is 47.5 cm³/mol. The Labute approximate surface area is 73.8 Å². The van der Waals surface area contributed by atoms with Crippen molar-refractivity contribution >= 4 is 27.6 Å². The number of rotatable bonds is 0.